The maximum Gasteiger partial charge on any atom is 0.165 e. The summed E-state index contributed by atoms with van der Waals surface area (Å²) in [6.07, 6.45) is 3.72. The van der Waals surface area contributed by atoms with Crippen molar-refractivity contribution >= 4 is 22.5 Å². The van der Waals surface area contributed by atoms with Crippen LogP contribution < -0.4 is 16.4 Å². The van der Waals surface area contributed by atoms with E-state index < -0.39 is 0 Å². The topological polar surface area (TPSA) is 96.9 Å². The van der Waals surface area contributed by atoms with Crippen molar-refractivity contribution in [2.24, 2.45) is 0 Å². The van der Waals surface area contributed by atoms with Gasteiger partial charge in [-0.05, 0) is 37.0 Å². The highest BCUT2D eigenvalue weighted by atomic mass is 15.4. The van der Waals surface area contributed by atoms with Crippen LogP contribution in [0.4, 0.5) is 11.5 Å². The second-order valence-electron chi connectivity index (χ2n) is 9.42. The van der Waals surface area contributed by atoms with E-state index in [1.807, 2.05) is 73.3 Å². The van der Waals surface area contributed by atoms with Crippen LogP contribution in [0, 0.1) is 18.8 Å². The van der Waals surface area contributed by atoms with Crippen LogP contribution in [0.1, 0.15) is 42.6 Å². The summed E-state index contributed by atoms with van der Waals surface area (Å²) < 4.78 is 1.91. The normalized spacial score (nSPS) is 12.3. The Kier molecular flexibility index (Phi) is 9.36. The molecular weight excluding hydrogens is 484 g/mol. The highest BCUT2D eigenvalue weighted by Crippen LogP contribution is 2.25. The summed E-state index contributed by atoms with van der Waals surface area (Å²) in [5.74, 6) is 7.74. The monoisotopic (exact) mass is 520 g/mol. The zero-order valence-corrected chi connectivity index (χ0v) is 22.9. The van der Waals surface area contributed by atoms with Crippen LogP contribution in [-0.2, 0) is 0 Å². The Morgan fingerprint density at radius 3 is 2.49 bits per heavy atom. The van der Waals surface area contributed by atoms with Crippen molar-refractivity contribution in [1.82, 2.24) is 30.0 Å². The largest absolute Gasteiger partial charge is 0.383 e. The van der Waals surface area contributed by atoms with E-state index in [4.69, 9.17) is 10.8 Å². The molecule has 8 heteroatoms. The van der Waals surface area contributed by atoms with E-state index in [-0.39, 0.29) is 6.04 Å². The van der Waals surface area contributed by atoms with E-state index in [0.717, 1.165) is 60.8 Å². The van der Waals surface area contributed by atoms with Gasteiger partial charge in [0.1, 0.15) is 23.7 Å². The minimum atomic E-state index is 0.250. The molecule has 4 aromatic rings. The highest BCUT2D eigenvalue weighted by Gasteiger charge is 2.24. The summed E-state index contributed by atoms with van der Waals surface area (Å²) in [6.45, 7) is 10.7. The zero-order valence-electron chi connectivity index (χ0n) is 22.9. The fraction of sp³-hybridized carbons (Fsp3) is 0.290. The van der Waals surface area contributed by atoms with Crippen molar-refractivity contribution in [2.75, 3.05) is 37.7 Å². The molecule has 1 aliphatic rings. The Morgan fingerprint density at radius 1 is 1.15 bits per heavy atom. The van der Waals surface area contributed by atoms with Gasteiger partial charge in [-0.1, -0.05) is 74.0 Å². The molecule has 39 heavy (non-hydrogen) atoms. The summed E-state index contributed by atoms with van der Waals surface area (Å²) >= 11 is 0. The van der Waals surface area contributed by atoms with Crippen LogP contribution in [0.5, 0.6) is 0 Å². The van der Waals surface area contributed by atoms with Gasteiger partial charge in [-0.25, -0.2) is 14.6 Å². The lowest BCUT2D eigenvalue weighted by molar-refractivity contribution is 0.324. The minimum absolute atomic E-state index is 0.250. The Balaban J connectivity index is 0.000000519. The third-order valence-electron chi connectivity index (χ3n) is 6.50. The number of aromatic nitrogens is 4. The maximum absolute atomic E-state index is 6.17. The summed E-state index contributed by atoms with van der Waals surface area (Å²) in [7, 11) is 2.04. The van der Waals surface area contributed by atoms with Gasteiger partial charge in [0.2, 0.25) is 0 Å². The Labute approximate surface area is 230 Å². The van der Waals surface area contributed by atoms with E-state index in [0.29, 0.717) is 16.9 Å². The van der Waals surface area contributed by atoms with E-state index >= 15 is 0 Å². The Morgan fingerprint density at radius 2 is 1.87 bits per heavy atom. The van der Waals surface area contributed by atoms with Crippen molar-refractivity contribution in [3.8, 4) is 11.8 Å². The molecule has 0 amide bonds. The van der Waals surface area contributed by atoms with Gasteiger partial charge in [0.05, 0.1) is 11.4 Å². The predicted octanol–water partition coefficient (Wildman–Crippen LogP) is 4.72. The molecular formula is C31H36N8. The van der Waals surface area contributed by atoms with Crippen LogP contribution in [0.2, 0.25) is 0 Å². The van der Waals surface area contributed by atoms with Crippen molar-refractivity contribution in [2.45, 2.75) is 32.7 Å². The summed E-state index contributed by atoms with van der Waals surface area (Å²) in [5, 5.41) is 12.1. The van der Waals surface area contributed by atoms with Crippen LogP contribution in [0.25, 0.3) is 11.0 Å². The predicted molar refractivity (Wildman–Crippen MR) is 159 cm³/mol. The number of benzene rings is 2. The molecule has 200 valence electrons. The average Bonchev–Trinajstić information content (AvgIpc) is 3.30. The molecule has 0 atom stereocenters. The van der Waals surface area contributed by atoms with Crippen LogP contribution in [0.15, 0.2) is 79.1 Å². The first-order chi connectivity index (χ1) is 19.0. The molecule has 1 aliphatic heterocycles. The van der Waals surface area contributed by atoms with Gasteiger partial charge in [-0.3, -0.25) is 0 Å². The second-order valence-corrected chi connectivity index (χ2v) is 9.42. The number of anilines is 2. The van der Waals surface area contributed by atoms with Gasteiger partial charge < -0.3 is 21.3 Å². The number of nitrogen functional groups attached to an aromatic ring is 1. The van der Waals surface area contributed by atoms with Gasteiger partial charge in [0.25, 0.3) is 0 Å². The van der Waals surface area contributed by atoms with Crippen LogP contribution in [-0.4, -0.2) is 51.3 Å². The summed E-state index contributed by atoms with van der Waals surface area (Å²) in [6, 6.07) is 18.4. The molecule has 2 aromatic carbocycles. The lowest BCUT2D eigenvalue weighted by atomic mass is 10.1. The lowest BCUT2D eigenvalue weighted by Crippen LogP contribution is -2.43. The summed E-state index contributed by atoms with van der Waals surface area (Å²) in [5.41, 5.74) is 13.4. The molecule has 2 aromatic heterocycles. The number of nitrogens with zero attached hydrogens (tertiary/aromatic N) is 5. The van der Waals surface area contributed by atoms with E-state index in [1.165, 1.54) is 6.33 Å². The second kappa shape index (κ2) is 13.3. The van der Waals surface area contributed by atoms with Gasteiger partial charge in [0, 0.05) is 37.9 Å². The molecule has 0 unspecified atom stereocenters. The van der Waals surface area contributed by atoms with Crippen LogP contribution >= 0.6 is 0 Å². The number of unbranched alkanes of at least 4 members (excludes halogenated alkanes) is 1. The molecule has 0 bridgehead atoms. The number of nitrogens with one attached hydrogen (secondary N) is 2. The van der Waals surface area contributed by atoms with E-state index in [2.05, 4.69) is 56.6 Å². The standard InChI is InChI=1S/C25H30N8.C6H6/c1-5-7-12-32(4)22(6-2)30-19-10-8-17(3)18(13-19)9-11-21-23-24(26)28-16-29-25(23)33(31-21)20-14-27-15-20;1-2-4-6-5-3-1/h8,10,13,16,20,27,30H,2,5,7,12,14-15H2,1,3-4H3,(H2,26,28,29);1-6H. The Hall–Kier alpha value is -4.57. The molecule has 4 N–H and O–H groups in total. The number of hydrogen-bond acceptors (Lipinski definition) is 7. The first kappa shape index (κ1) is 27.5. The van der Waals surface area contributed by atoms with Gasteiger partial charge in [-0.2, -0.15) is 5.10 Å². The lowest BCUT2D eigenvalue weighted by Gasteiger charge is -2.27. The zero-order chi connectivity index (χ0) is 27.6. The van der Waals surface area contributed by atoms with Crippen LogP contribution in [0.3, 0.4) is 0 Å². The molecule has 0 aliphatic carbocycles. The van der Waals surface area contributed by atoms with Crippen molar-refractivity contribution in [3.05, 3.63) is 95.9 Å². The number of hydrogen-bond donors (Lipinski definition) is 3. The van der Waals surface area contributed by atoms with Crippen molar-refractivity contribution in [3.63, 3.8) is 0 Å². The molecule has 1 fully saturated rings. The molecule has 8 nitrogen and oxygen atoms in total. The van der Waals surface area contributed by atoms with Gasteiger partial charge in [-0.15, -0.1) is 0 Å². The van der Waals surface area contributed by atoms with Gasteiger partial charge in [0.15, 0.2) is 5.65 Å². The van der Waals surface area contributed by atoms with Gasteiger partial charge >= 0.3 is 0 Å². The molecule has 0 saturated carbocycles. The average molecular weight is 521 g/mol. The minimum Gasteiger partial charge on any atom is -0.383 e. The molecule has 5 rings (SSSR count). The van der Waals surface area contributed by atoms with E-state index in [9.17, 15) is 0 Å². The Bertz CT molecular complexity index is 1480. The van der Waals surface area contributed by atoms with Crippen molar-refractivity contribution in [1.29, 1.82) is 0 Å². The molecule has 0 spiro atoms. The third kappa shape index (κ3) is 6.85. The number of aryl methyl sites for hydroxylation is 1. The quantitative estimate of drug-likeness (QED) is 0.240. The fourth-order valence-electron chi connectivity index (χ4n) is 4.05. The summed E-state index contributed by atoms with van der Waals surface area (Å²) in [4.78, 5) is 10.7. The first-order valence-electron chi connectivity index (χ1n) is 13.2. The van der Waals surface area contributed by atoms with Crippen molar-refractivity contribution < 1.29 is 0 Å². The fourth-order valence-corrected chi connectivity index (χ4v) is 4.05. The smallest absolute Gasteiger partial charge is 0.165 e. The molecule has 0 radical (unpaired) electrons. The first-order valence-corrected chi connectivity index (χ1v) is 13.2. The maximum atomic E-state index is 6.17. The molecule has 3 heterocycles. The number of fused-ring (bicyclic) bond motifs is 1. The number of nitrogens with two attached hydrogens (primary N) is 1. The number of rotatable bonds is 7. The molecule has 1 saturated heterocycles. The third-order valence-corrected chi connectivity index (χ3v) is 6.50. The SMILES string of the molecule is C=C=C(Nc1ccc(C)c(C#Cc2nn(C3CNC3)c3ncnc(N)c23)c1)N(C)CCCC.c1ccccc1. The van der Waals surface area contributed by atoms with E-state index in [1.54, 1.807) is 0 Å². The highest BCUT2D eigenvalue weighted by molar-refractivity contribution is 5.90.